The van der Waals surface area contributed by atoms with Crippen LogP contribution in [0.15, 0.2) is 0 Å². The minimum atomic E-state index is 0.593. The van der Waals surface area contributed by atoms with E-state index in [-0.39, 0.29) is 0 Å². The number of piperidine rings is 1. The normalized spacial score (nSPS) is 21.4. The van der Waals surface area contributed by atoms with Gasteiger partial charge in [0.1, 0.15) is 0 Å². The molecule has 17 heavy (non-hydrogen) atoms. The van der Waals surface area contributed by atoms with Crippen LogP contribution >= 0.6 is 0 Å². The van der Waals surface area contributed by atoms with Crippen LogP contribution in [0, 0.1) is 0 Å². The molecule has 0 aromatic carbocycles. The van der Waals surface area contributed by atoms with Gasteiger partial charge < -0.3 is 10.2 Å². The third-order valence-electron chi connectivity index (χ3n) is 4.07. The fraction of sp³-hybridized carbons (Fsp3) is 1.00. The highest BCUT2D eigenvalue weighted by Crippen LogP contribution is 2.17. The molecule has 0 saturated carbocycles. The van der Waals surface area contributed by atoms with Crippen LogP contribution < -0.4 is 5.32 Å². The van der Waals surface area contributed by atoms with Crippen LogP contribution in [0.2, 0.25) is 0 Å². The summed E-state index contributed by atoms with van der Waals surface area (Å²) in [5, 5.41) is 3.57. The Labute approximate surface area is 108 Å². The quantitative estimate of drug-likeness (QED) is 0.765. The molecule has 102 valence electrons. The number of rotatable bonds is 6. The monoisotopic (exact) mass is 241 g/mol. The minimum Gasteiger partial charge on any atom is -0.313 e. The smallest absolute Gasteiger partial charge is 0.0218 e. The van der Waals surface area contributed by atoms with Crippen molar-refractivity contribution in [1.82, 2.24) is 15.1 Å². The average Bonchev–Trinajstić information content (AvgIpc) is 2.30. The molecule has 0 amide bonds. The Hall–Kier alpha value is -0.120. The number of hydrogen-bond acceptors (Lipinski definition) is 3. The van der Waals surface area contributed by atoms with Crippen molar-refractivity contribution in [2.24, 2.45) is 0 Å². The molecule has 0 bridgehead atoms. The maximum atomic E-state index is 3.57. The summed E-state index contributed by atoms with van der Waals surface area (Å²) in [6, 6.07) is 2.06. The van der Waals surface area contributed by atoms with Gasteiger partial charge in [0.15, 0.2) is 0 Å². The third kappa shape index (κ3) is 4.94. The molecule has 1 aliphatic rings. The standard InChI is InChI=1S/C14H31N3/c1-6-13(11-15-12(2)3)17(5)14-7-9-16(4)10-8-14/h12-15H,6-11H2,1-5H3. The summed E-state index contributed by atoms with van der Waals surface area (Å²) < 4.78 is 0. The Balaban J connectivity index is 2.39. The van der Waals surface area contributed by atoms with Crippen LogP contribution in [0.4, 0.5) is 0 Å². The van der Waals surface area contributed by atoms with E-state index in [1.165, 1.54) is 32.4 Å². The Bertz CT molecular complexity index is 198. The van der Waals surface area contributed by atoms with Gasteiger partial charge in [-0.2, -0.15) is 0 Å². The second-order valence-electron chi connectivity index (χ2n) is 5.82. The van der Waals surface area contributed by atoms with Gasteiger partial charge in [-0.05, 0) is 46.4 Å². The lowest BCUT2D eigenvalue weighted by molar-refractivity contribution is 0.103. The minimum absolute atomic E-state index is 0.593. The lowest BCUT2D eigenvalue weighted by Gasteiger charge is -2.39. The number of likely N-dealkylation sites (N-methyl/N-ethyl adjacent to an activating group) is 1. The number of hydrogen-bond donors (Lipinski definition) is 1. The van der Waals surface area contributed by atoms with Gasteiger partial charge in [-0.3, -0.25) is 4.90 Å². The van der Waals surface area contributed by atoms with Gasteiger partial charge in [0.25, 0.3) is 0 Å². The van der Waals surface area contributed by atoms with E-state index >= 15 is 0 Å². The van der Waals surface area contributed by atoms with Gasteiger partial charge in [-0.1, -0.05) is 20.8 Å². The molecule has 1 fully saturated rings. The Morgan fingerprint density at radius 3 is 2.35 bits per heavy atom. The lowest BCUT2D eigenvalue weighted by atomic mass is 10.0. The van der Waals surface area contributed by atoms with E-state index in [0.29, 0.717) is 12.1 Å². The second kappa shape index (κ2) is 7.34. The van der Waals surface area contributed by atoms with Crippen molar-refractivity contribution in [2.75, 3.05) is 33.7 Å². The number of nitrogens with zero attached hydrogens (tertiary/aromatic N) is 2. The van der Waals surface area contributed by atoms with Crippen molar-refractivity contribution >= 4 is 0 Å². The van der Waals surface area contributed by atoms with Gasteiger partial charge in [0.2, 0.25) is 0 Å². The van der Waals surface area contributed by atoms with E-state index in [4.69, 9.17) is 0 Å². The molecule has 1 heterocycles. The Kier molecular flexibility index (Phi) is 6.45. The topological polar surface area (TPSA) is 18.5 Å². The van der Waals surface area contributed by atoms with Crippen LogP contribution in [0.25, 0.3) is 0 Å². The van der Waals surface area contributed by atoms with Crippen LogP contribution in [-0.4, -0.2) is 61.7 Å². The summed E-state index contributed by atoms with van der Waals surface area (Å²) in [6.07, 6.45) is 3.89. The average molecular weight is 241 g/mol. The fourth-order valence-corrected chi connectivity index (χ4v) is 2.65. The first-order valence-electron chi connectivity index (χ1n) is 7.18. The van der Waals surface area contributed by atoms with Gasteiger partial charge in [0, 0.05) is 24.7 Å². The van der Waals surface area contributed by atoms with E-state index < -0.39 is 0 Å². The highest BCUT2D eigenvalue weighted by atomic mass is 15.2. The number of likely N-dealkylation sites (tertiary alicyclic amines) is 1. The predicted molar refractivity (Wildman–Crippen MR) is 75.5 cm³/mol. The lowest BCUT2D eigenvalue weighted by Crippen LogP contribution is -2.49. The van der Waals surface area contributed by atoms with Crippen molar-refractivity contribution in [2.45, 2.75) is 58.2 Å². The molecule has 3 nitrogen and oxygen atoms in total. The highest BCUT2D eigenvalue weighted by molar-refractivity contribution is 4.82. The molecule has 0 aromatic rings. The highest BCUT2D eigenvalue weighted by Gasteiger charge is 2.24. The van der Waals surface area contributed by atoms with Crippen LogP contribution in [-0.2, 0) is 0 Å². The second-order valence-corrected chi connectivity index (χ2v) is 5.82. The maximum Gasteiger partial charge on any atom is 0.0218 e. The van der Waals surface area contributed by atoms with Crippen LogP contribution in [0.3, 0.4) is 0 Å². The molecule has 1 unspecified atom stereocenters. The summed E-state index contributed by atoms with van der Waals surface area (Å²) in [6.45, 7) is 10.4. The summed E-state index contributed by atoms with van der Waals surface area (Å²) in [4.78, 5) is 5.06. The zero-order chi connectivity index (χ0) is 12.8. The molecular formula is C14H31N3. The van der Waals surface area contributed by atoms with Gasteiger partial charge in [-0.25, -0.2) is 0 Å². The largest absolute Gasteiger partial charge is 0.313 e. The molecule has 3 heteroatoms. The zero-order valence-electron chi connectivity index (χ0n) is 12.4. The predicted octanol–water partition coefficient (Wildman–Crippen LogP) is 1.79. The zero-order valence-corrected chi connectivity index (χ0v) is 12.4. The molecule has 0 aromatic heterocycles. The Morgan fingerprint density at radius 1 is 1.29 bits per heavy atom. The van der Waals surface area contributed by atoms with Gasteiger partial charge in [-0.15, -0.1) is 0 Å². The van der Waals surface area contributed by atoms with Crippen molar-refractivity contribution in [1.29, 1.82) is 0 Å². The van der Waals surface area contributed by atoms with E-state index in [0.717, 1.165) is 12.6 Å². The summed E-state index contributed by atoms with van der Waals surface area (Å²) in [5.74, 6) is 0. The summed E-state index contributed by atoms with van der Waals surface area (Å²) in [5.41, 5.74) is 0. The molecule has 1 atom stereocenters. The van der Waals surface area contributed by atoms with Crippen LogP contribution in [0.1, 0.15) is 40.0 Å². The molecule has 1 rings (SSSR count). The summed E-state index contributed by atoms with van der Waals surface area (Å²) >= 11 is 0. The van der Waals surface area contributed by atoms with E-state index in [1.807, 2.05) is 0 Å². The van der Waals surface area contributed by atoms with Gasteiger partial charge in [0.05, 0.1) is 0 Å². The SMILES string of the molecule is CCC(CNC(C)C)N(C)C1CCN(C)CC1. The van der Waals surface area contributed by atoms with Crippen molar-refractivity contribution in [3.05, 3.63) is 0 Å². The summed E-state index contributed by atoms with van der Waals surface area (Å²) in [7, 11) is 4.54. The molecule has 1 N–H and O–H groups in total. The van der Waals surface area contributed by atoms with Crippen molar-refractivity contribution < 1.29 is 0 Å². The first-order valence-corrected chi connectivity index (χ1v) is 7.18. The molecule has 0 aliphatic carbocycles. The molecule has 1 aliphatic heterocycles. The first-order chi connectivity index (χ1) is 8.04. The van der Waals surface area contributed by atoms with Crippen molar-refractivity contribution in [3.8, 4) is 0 Å². The Morgan fingerprint density at radius 2 is 1.88 bits per heavy atom. The maximum absolute atomic E-state index is 3.57. The molecular weight excluding hydrogens is 210 g/mol. The fourth-order valence-electron chi connectivity index (χ4n) is 2.65. The third-order valence-corrected chi connectivity index (χ3v) is 4.07. The van der Waals surface area contributed by atoms with E-state index in [2.05, 4.69) is 50.0 Å². The molecule has 1 saturated heterocycles. The molecule has 0 radical (unpaired) electrons. The van der Waals surface area contributed by atoms with Crippen molar-refractivity contribution in [3.63, 3.8) is 0 Å². The van der Waals surface area contributed by atoms with E-state index in [1.54, 1.807) is 0 Å². The van der Waals surface area contributed by atoms with E-state index in [9.17, 15) is 0 Å². The first kappa shape index (κ1) is 14.9. The van der Waals surface area contributed by atoms with Crippen LogP contribution in [0.5, 0.6) is 0 Å². The number of nitrogens with one attached hydrogen (secondary N) is 1. The molecule has 0 spiro atoms. The van der Waals surface area contributed by atoms with Gasteiger partial charge >= 0.3 is 0 Å².